The van der Waals surface area contributed by atoms with Gasteiger partial charge in [-0.25, -0.2) is 4.98 Å². The molecule has 1 unspecified atom stereocenters. The maximum absolute atomic E-state index is 12.4. The Morgan fingerprint density at radius 3 is 2.79 bits per heavy atom. The van der Waals surface area contributed by atoms with Crippen molar-refractivity contribution in [2.45, 2.75) is 27.1 Å². The highest BCUT2D eigenvalue weighted by atomic mass is 32.1. The zero-order valence-corrected chi connectivity index (χ0v) is 14.6. The third-order valence-electron chi connectivity index (χ3n) is 3.96. The van der Waals surface area contributed by atoms with E-state index in [0.717, 1.165) is 20.1 Å². The molecule has 0 radical (unpaired) electrons. The Kier molecular flexibility index (Phi) is 4.42. The lowest BCUT2D eigenvalue weighted by molar-refractivity contribution is -0.917. The maximum Gasteiger partial charge on any atom is 0.289 e. The number of quaternary nitrogens is 1. The fourth-order valence-electron chi connectivity index (χ4n) is 2.58. The summed E-state index contributed by atoms with van der Waals surface area (Å²) in [7, 11) is 1.99. The Balaban J connectivity index is 1.82. The summed E-state index contributed by atoms with van der Waals surface area (Å²) in [5.74, 6) is 0. The number of nitrogens with zero attached hydrogens (tertiary/aromatic N) is 4. The fourth-order valence-corrected chi connectivity index (χ4v) is 3.66. The molecule has 0 saturated carbocycles. The number of rotatable bonds is 4. The van der Waals surface area contributed by atoms with Gasteiger partial charge in [0, 0.05) is 0 Å². The van der Waals surface area contributed by atoms with Gasteiger partial charge in [0.25, 0.3) is 5.56 Å². The first-order valence-corrected chi connectivity index (χ1v) is 8.45. The summed E-state index contributed by atoms with van der Waals surface area (Å²) in [4.78, 5) is 18.1. The van der Waals surface area contributed by atoms with Crippen LogP contribution in [-0.2, 0) is 13.2 Å². The van der Waals surface area contributed by atoms with Crippen molar-refractivity contribution in [3.63, 3.8) is 0 Å². The van der Waals surface area contributed by atoms with Crippen LogP contribution in [0.5, 0.6) is 0 Å². The Morgan fingerprint density at radius 1 is 1.33 bits per heavy atom. The van der Waals surface area contributed by atoms with Gasteiger partial charge in [-0.1, -0.05) is 12.1 Å². The van der Waals surface area contributed by atoms with Crippen molar-refractivity contribution in [3.8, 4) is 6.07 Å². The van der Waals surface area contributed by atoms with Crippen molar-refractivity contribution in [1.82, 2.24) is 14.8 Å². The highest BCUT2D eigenvalue weighted by Gasteiger charge is 2.15. The van der Waals surface area contributed by atoms with Crippen LogP contribution in [-0.4, -0.2) is 21.8 Å². The van der Waals surface area contributed by atoms with Gasteiger partial charge < -0.3 is 4.90 Å². The van der Waals surface area contributed by atoms with Gasteiger partial charge in [0.1, 0.15) is 23.2 Å². The molecule has 3 aromatic rings. The summed E-state index contributed by atoms with van der Waals surface area (Å²) in [5, 5.41) is 14.5. The van der Waals surface area contributed by atoms with Crippen LogP contribution in [0.3, 0.4) is 0 Å². The molecule has 0 aliphatic heterocycles. The first-order chi connectivity index (χ1) is 11.5. The summed E-state index contributed by atoms with van der Waals surface area (Å²) in [6, 6.07) is 10.0. The average Bonchev–Trinajstić information content (AvgIpc) is 2.95. The Labute approximate surface area is 143 Å². The number of aromatic nitrogens is 3. The Bertz CT molecular complexity index is 965. The number of benzene rings is 1. The largest absolute Gasteiger partial charge is 0.313 e. The number of para-hydroxylation sites is 1. The molecule has 1 N–H and O–H groups in total. The van der Waals surface area contributed by atoms with Gasteiger partial charge in [0.15, 0.2) is 6.67 Å². The molecule has 0 amide bonds. The second-order valence-electron chi connectivity index (χ2n) is 5.87. The molecule has 0 aliphatic carbocycles. The highest BCUT2D eigenvalue weighted by molar-refractivity contribution is 7.18. The number of thiazole rings is 1. The van der Waals surface area contributed by atoms with E-state index < -0.39 is 0 Å². The quantitative estimate of drug-likeness (QED) is 0.769. The van der Waals surface area contributed by atoms with Gasteiger partial charge in [-0.05, 0) is 31.5 Å². The van der Waals surface area contributed by atoms with E-state index in [4.69, 9.17) is 0 Å². The van der Waals surface area contributed by atoms with Crippen molar-refractivity contribution in [2.75, 3.05) is 7.05 Å². The number of hydrogen-bond donors (Lipinski definition) is 1. The van der Waals surface area contributed by atoms with Crippen LogP contribution >= 0.6 is 11.3 Å². The normalized spacial score (nSPS) is 12.2. The van der Waals surface area contributed by atoms with Crippen molar-refractivity contribution >= 4 is 21.6 Å². The molecule has 6 nitrogen and oxygen atoms in total. The maximum atomic E-state index is 12.4. The van der Waals surface area contributed by atoms with Crippen molar-refractivity contribution < 1.29 is 4.90 Å². The first-order valence-electron chi connectivity index (χ1n) is 7.63. The van der Waals surface area contributed by atoms with Crippen LogP contribution in [0.25, 0.3) is 10.2 Å². The first kappa shape index (κ1) is 16.3. The second-order valence-corrected chi connectivity index (χ2v) is 6.98. The molecule has 7 heteroatoms. The van der Waals surface area contributed by atoms with Gasteiger partial charge in [-0.3, -0.25) is 4.79 Å². The molecule has 3 rings (SSSR count). The zero-order chi connectivity index (χ0) is 17.3. The molecule has 0 fully saturated rings. The van der Waals surface area contributed by atoms with Gasteiger partial charge >= 0.3 is 0 Å². The fraction of sp³-hybridized carbons (Fsp3) is 0.294. The zero-order valence-electron chi connectivity index (χ0n) is 13.8. The van der Waals surface area contributed by atoms with Gasteiger partial charge in [-0.2, -0.15) is 15.0 Å². The van der Waals surface area contributed by atoms with Crippen molar-refractivity contribution in [2.24, 2.45) is 0 Å². The molecule has 0 spiro atoms. The van der Waals surface area contributed by atoms with E-state index in [-0.39, 0.29) is 11.1 Å². The Hall–Kier alpha value is -2.56. The lowest BCUT2D eigenvalue weighted by Gasteiger charge is -2.14. The second kappa shape index (κ2) is 6.51. The summed E-state index contributed by atoms with van der Waals surface area (Å²) in [5.41, 5.74) is 2.21. The van der Waals surface area contributed by atoms with Crippen LogP contribution in [0.2, 0.25) is 0 Å². The predicted octanol–water partition coefficient (Wildman–Crippen LogP) is 1.01. The number of nitrogens with one attached hydrogen (secondary N) is 1. The van der Waals surface area contributed by atoms with E-state index in [1.54, 1.807) is 18.3 Å². The highest BCUT2D eigenvalue weighted by Crippen LogP contribution is 2.20. The van der Waals surface area contributed by atoms with E-state index >= 15 is 0 Å². The van der Waals surface area contributed by atoms with E-state index in [0.29, 0.717) is 24.5 Å². The third kappa shape index (κ3) is 3.07. The molecule has 1 aromatic carbocycles. The molecular weight excluding hydrogens is 322 g/mol. The van der Waals surface area contributed by atoms with Crippen LogP contribution in [0.4, 0.5) is 0 Å². The van der Waals surface area contributed by atoms with Gasteiger partial charge in [0.05, 0.1) is 23.0 Å². The van der Waals surface area contributed by atoms with Crippen LogP contribution in [0.15, 0.2) is 29.1 Å². The summed E-state index contributed by atoms with van der Waals surface area (Å²) < 4.78 is 2.54. The topological polar surface area (TPSA) is 76.0 Å². The molecular formula is C17H18N5OS+. The molecule has 0 saturated heterocycles. The summed E-state index contributed by atoms with van der Waals surface area (Å²) in [6.07, 6.45) is 0. The van der Waals surface area contributed by atoms with E-state index in [1.807, 2.05) is 38.2 Å². The number of hydrogen-bond acceptors (Lipinski definition) is 5. The minimum Gasteiger partial charge on any atom is -0.313 e. The van der Waals surface area contributed by atoms with Gasteiger partial charge in [0.2, 0.25) is 0 Å². The Morgan fingerprint density at radius 2 is 2.08 bits per heavy atom. The minimum atomic E-state index is -0.329. The van der Waals surface area contributed by atoms with E-state index in [2.05, 4.69) is 16.1 Å². The SMILES string of the molecule is Cc1nn(C[NH+](C)Cc2nc3ccccc3s2)c(=O)c(C#N)c1C. The van der Waals surface area contributed by atoms with Crippen LogP contribution in [0, 0.1) is 25.2 Å². The monoisotopic (exact) mass is 340 g/mol. The molecule has 2 aromatic heterocycles. The molecule has 24 heavy (non-hydrogen) atoms. The van der Waals surface area contributed by atoms with E-state index in [9.17, 15) is 10.1 Å². The number of nitriles is 1. The van der Waals surface area contributed by atoms with Crippen LogP contribution in [0.1, 0.15) is 21.8 Å². The number of aryl methyl sites for hydroxylation is 1. The van der Waals surface area contributed by atoms with Crippen molar-refractivity contribution in [1.29, 1.82) is 5.26 Å². The van der Waals surface area contributed by atoms with Crippen LogP contribution < -0.4 is 10.5 Å². The molecule has 2 heterocycles. The molecule has 122 valence electrons. The molecule has 1 atom stereocenters. The standard InChI is InChI=1S/C17H17N5OS/c1-11-12(2)20-22(17(23)13(11)8-18)10-21(3)9-16-19-14-6-4-5-7-15(14)24-16/h4-7H,9-10H2,1-3H3/p+1. The van der Waals surface area contributed by atoms with Crippen molar-refractivity contribution in [3.05, 3.63) is 56.4 Å². The predicted molar refractivity (Wildman–Crippen MR) is 92.9 cm³/mol. The van der Waals surface area contributed by atoms with Gasteiger partial charge in [-0.15, -0.1) is 11.3 Å². The minimum absolute atomic E-state index is 0.176. The smallest absolute Gasteiger partial charge is 0.289 e. The number of fused-ring (bicyclic) bond motifs is 1. The average molecular weight is 340 g/mol. The lowest BCUT2D eigenvalue weighted by atomic mass is 10.1. The van der Waals surface area contributed by atoms with E-state index in [1.165, 1.54) is 4.68 Å². The summed E-state index contributed by atoms with van der Waals surface area (Å²) in [6.45, 7) is 4.66. The summed E-state index contributed by atoms with van der Waals surface area (Å²) >= 11 is 1.66. The molecule has 0 bridgehead atoms. The molecule has 0 aliphatic rings. The third-order valence-corrected chi connectivity index (χ3v) is 5.00. The lowest BCUT2D eigenvalue weighted by Crippen LogP contribution is -3.07.